The Labute approximate surface area is 84.1 Å². The fraction of sp³-hybridized carbons (Fsp3) is 0.462. The van der Waals surface area contributed by atoms with Gasteiger partial charge in [-0.3, -0.25) is 4.79 Å². The number of carbonyl (C=O) groups is 1. The zero-order chi connectivity index (χ0) is 9.76. The van der Waals surface area contributed by atoms with Gasteiger partial charge in [0.1, 0.15) is 0 Å². The minimum atomic E-state index is -0.0658. The molecule has 0 aliphatic heterocycles. The molecule has 2 aliphatic carbocycles. The second-order valence-corrected chi connectivity index (χ2v) is 4.78. The Hall–Kier alpha value is -1.11. The van der Waals surface area contributed by atoms with Gasteiger partial charge in [0, 0.05) is 11.0 Å². The molecule has 2 atom stereocenters. The molecule has 14 heavy (non-hydrogen) atoms. The summed E-state index contributed by atoms with van der Waals surface area (Å²) in [4.78, 5) is 12.2. The van der Waals surface area contributed by atoms with E-state index in [9.17, 15) is 4.79 Å². The fourth-order valence-corrected chi connectivity index (χ4v) is 3.25. The van der Waals surface area contributed by atoms with Gasteiger partial charge >= 0.3 is 0 Å². The van der Waals surface area contributed by atoms with Crippen LogP contribution in [0.15, 0.2) is 24.3 Å². The van der Waals surface area contributed by atoms with Crippen molar-refractivity contribution in [3.8, 4) is 0 Å². The molecule has 1 aromatic rings. The number of rotatable bonds is 0. The number of ketones is 1. The number of Topliss-reactive ketones (excluding diaryl/α,β-unsaturated/α-hetero) is 1. The van der Waals surface area contributed by atoms with Gasteiger partial charge in [-0.05, 0) is 24.3 Å². The summed E-state index contributed by atoms with van der Waals surface area (Å²) < 4.78 is 0. The summed E-state index contributed by atoms with van der Waals surface area (Å²) in [6, 6.07) is 8.15. The Morgan fingerprint density at radius 2 is 2.14 bits per heavy atom. The third-order valence-electron chi connectivity index (χ3n) is 4.06. The lowest BCUT2D eigenvalue weighted by molar-refractivity contribution is 0.0832. The molecule has 72 valence electrons. The first-order valence-corrected chi connectivity index (χ1v) is 5.37. The highest BCUT2D eigenvalue weighted by atomic mass is 16.1. The average molecular weight is 186 g/mol. The Bertz CT molecular complexity index is 407. The van der Waals surface area contributed by atoms with Gasteiger partial charge in [0.25, 0.3) is 0 Å². The van der Waals surface area contributed by atoms with E-state index in [4.69, 9.17) is 0 Å². The van der Waals surface area contributed by atoms with Gasteiger partial charge in [-0.15, -0.1) is 0 Å². The predicted octanol–water partition coefficient (Wildman–Crippen LogP) is 3.16. The lowest BCUT2D eigenvalue weighted by Crippen LogP contribution is -2.22. The van der Waals surface area contributed by atoms with E-state index in [-0.39, 0.29) is 5.41 Å². The molecule has 2 unspecified atom stereocenters. The quantitative estimate of drug-likeness (QED) is 0.608. The maximum Gasteiger partial charge on any atom is 0.169 e. The van der Waals surface area contributed by atoms with Crippen molar-refractivity contribution in [3.63, 3.8) is 0 Å². The standard InChI is InChI=1S/C13H14O/c1-13-8-4-7-11(13)9-5-2-3-6-10(9)12(13)14/h2-3,5-6,11H,4,7-8H2,1H3. The maximum atomic E-state index is 12.2. The van der Waals surface area contributed by atoms with E-state index in [1.54, 1.807) is 0 Å². The molecule has 1 heteroatoms. The van der Waals surface area contributed by atoms with Gasteiger partial charge < -0.3 is 0 Å². The number of hydrogen-bond acceptors (Lipinski definition) is 1. The zero-order valence-electron chi connectivity index (χ0n) is 8.42. The van der Waals surface area contributed by atoms with E-state index in [1.165, 1.54) is 18.4 Å². The van der Waals surface area contributed by atoms with Crippen molar-refractivity contribution in [1.29, 1.82) is 0 Å². The molecule has 0 heterocycles. The summed E-state index contributed by atoms with van der Waals surface area (Å²) in [5, 5.41) is 0. The molecule has 3 rings (SSSR count). The smallest absolute Gasteiger partial charge is 0.169 e. The molecular formula is C13H14O. The van der Waals surface area contributed by atoms with Crippen molar-refractivity contribution in [2.24, 2.45) is 5.41 Å². The summed E-state index contributed by atoms with van der Waals surface area (Å²) >= 11 is 0. The summed E-state index contributed by atoms with van der Waals surface area (Å²) in [5.41, 5.74) is 2.22. The third kappa shape index (κ3) is 0.783. The second kappa shape index (κ2) is 2.47. The Kier molecular flexibility index (Phi) is 1.45. The lowest BCUT2D eigenvalue weighted by atomic mass is 9.80. The van der Waals surface area contributed by atoms with Crippen LogP contribution in [0.25, 0.3) is 0 Å². The van der Waals surface area contributed by atoms with Gasteiger partial charge in [-0.25, -0.2) is 0 Å². The largest absolute Gasteiger partial charge is 0.294 e. The number of carbonyl (C=O) groups excluding carboxylic acids is 1. The molecule has 1 aromatic carbocycles. The monoisotopic (exact) mass is 186 g/mol. The minimum Gasteiger partial charge on any atom is -0.294 e. The van der Waals surface area contributed by atoms with Crippen LogP contribution in [0.2, 0.25) is 0 Å². The van der Waals surface area contributed by atoms with Crippen LogP contribution in [-0.2, 0) is 0 Å². The number of benzene rings is 1. The van der Waals surface area contributed by atoms with Crippen LogP contribution in [-0.4, -0.2) is 5.78 Å². The van der Waals surface area contributed by atoms with Crippen LogP contribution in [0.3, 0.4) is 0 Å². The van der Waals surface area contributed by atoms with E-state index >= 15 is 0 Å². The minimum absolute atomic E-state index is 0.0658. The average Bonchev–Trinajstić information content (AvgIpc) is 2.67. The maximum absolute atomic E-state index is 12.2. The van der Waals surface area contributed by atoms with E-state index in [2.05, 4.69) is 19.1 Å². The molecule has 1 fully saturated rings. The Balaban J connectivity index is 2.24. The second-order valence-electron chi connectivity index (χ2n) is 4.78. The molecule has 0 bridgehead atoms. The fourth-order valence-electron chi connectivity index (χ4n) is 3.25. The van der Waals surface area contributed by atoms with Crippen molar-refractivity contribution in [2.75, 3.05) is 0 Å². The summed E-state index contributed by atoms with van der Waals surface area (Å²) in [7, 11) is 0. The topological polar surface area (TPSA) is 17.1 Å². The van der Waals surface area contributed by atoms with Crippen LogP contribution >= 0.6 is 0 Å². The highest BCUT2D eigenvalue weighted by Gasteiger charge is 2.51. The van der Waals surface area contributed by atoms with Crippen LogP contribution in [0.5, 0.6) is 0 Å². The molecule has 0 saturated heterocycles. The molecule has 1 nitrogen and oxygen atoms in total. The van der Waals surface area contributed by atoms with Crippen molar-refractivity contribution in [1.82, 2.24) is 0 Å². The van der Waals surface area contributed by atoms with Gasteiger partial charge in [0.2, 0.25) is 0 Å². The van der Waals surface area contributed by atoms with Gasteiger partial charge in [-0.2, -0.15) is 0 Å². The highest BCUT2D eigenvalue weighted by molar-refractivity contribution is 6.05. The van der Waals surface area contributed by atoms with Crippen molar-refractivity contribution in [3.05, 3.63) is 35.4 Å². The molecule has 0 aromatic heterocycles. The first kappa shape index (κ1) is 8.22. The summed E-state index contributed by atoms with van der Waals surface area (Å²) in [6.07, 6.45) is 3.48. The summed E-state index contributed by atoms with van der Waals surface area (Å²) in [5.74, 6) is 0.891. The molecular weight excluding hydrogens is 172 g/mol. The number of fused-ring (bicyclic) bond motifs is 3. The van der Waals surface area contributed by atoms with Crippen molar-refractivity contribution in [2.45, 2.75) is 32.1 Å². The van der Waals surface area contributed by atoms with Gasteiger partial charge in [0.05, 0.1) is 0 Å². The van der Waals surface area contributed by atoms with Crippen LogP contribution < -0.4 is 0 Å². The molecule has 0 amide bonds. The van der Waals surface area contributed by atoms with E-state index in [0.717, 1.165) is 12.0 Å². The van der Waals surface area contributed by atoms with Gasteiger partial charge in [0.15, 0.2) is 5.78 Å². The van der Waals surface area contributed by atoms with E-state index in [1.807, 2.05) is 12.1 Å². The van der Waals surface area contributed by atoms with E-state index < -0.39 is 0 Å². The van der Waals surface area contributed by atoms with Crippen LogP contribution in [0, 0.1) is 5.41 Å². The Morgan fingerprint density at radius 1 is 1.36 bits per heavy atom. The number of hydrogen-bond donors (Lipinski definition) is 0. The normalized spacial score (nSPS) is 34.4. The lowest BCUT2D eigenvalue weighted by Gasteiger charge is -2.21. The van der Waals surface area contributed by atoms with Crippen LogP contribution in [0.1, 0.15) is 48.0 Å². The molecule has 2 aliphatic rings. The zero-order valence-corrected chi connectivity index (χ0v) is 8.42. The van der Waals surface area contributed by atoms with E-state index in [0.29, 0.717) is 11.7 Å². The van der Waals surface area contributed by atoms with Crippen molar-refractivity contribution < 1.29 is 4.79 Å². The summed E-state index contributed by atoms with van der Waals surface area (Å²) in [6.45, 7) is 2.15. The first-order chi connectivity index (χ1) is 6.73. The van der Waals surface area contributed by atoms with Crippen molar-refractivity contribution >= 4 is 5.78 Å². The Morgan fingerprint density at radius 3 is 3.00 bits per heavy atom. The molecule has 0 spiro atoms. The predicted molar refractivity (Wildman–Crippen MR) is 55.5 cm³/mol. The first-order valence-electron chi connectivity index (χ1n) is 5.37. The highest BCUT2D eigenvalue weighted by Crippen LogP contribution is 2.56. The molecule has 0 N–H and O–H groups in total. The molecule has 0 radical (unpaired) electrons. The molecule has 1 saturated carbocycles. The van der Waals surface area contributed by atoms with Crippen LogP contribution in [0.4, 0.5) is 0 Å². The third-order valence-corrected chi connectivity index (χ3v) is 4.06. The van der Waals surface area contributed by atoms with Gasteiger partial charge in [-0.1, -0.05) is 37.6 Å². The SMILES string of the molecule is CC12CCCC1c1ccccc1C2=O.